The summed E-state index contributed by atoms with van der Waals surface area (Å²) in [5.74, 6) is -3.03. The molecule has 0 bridgehead atoms. The van der Waals surface area contributed by atoms with E-state index in [1.165, 1.54) is 6.92 Å². The SMILES string of the molecule is CC(NC(=O)C(O)c1cc(F)cc(F)c1)C(=O)Nc1cc(C(C)c2ccccc2)n[nH]1. The van der Waals surface area contributed by atoms with E-state index in [0.717, 1.165) is 23.4 Å². The Hall–Kier alpha value is -3.59. The largest absolute Gasteiger partial charge is 0.378 e. The van der Waals surface area contributed by atoms with Gasteiger partial charge in [-0.25, -0.2) is 8.78 Å². The van der Waals surface area contributed by atoms with Crippen molar-refractivity contribution in [2.45, 2.75) is 31.9 Å². The molecular weight excluding hydrogens is 406 g/mol. The van der Waals surface area contributed by atoms with Crippen molar-refractivity contribution in [1.82, 2.24) is 15.5 Å². The fourth-order valence-corrected chi connectivity index (χ4v) is 3.02. The maximum absolute atomic E-state index is 13.3. The molecule has 0 radical (unpaired) electrons. The molecule has 0 aliphatic carbocycles. The molecule has 0 aliphatic heterocycles. The van der Waals surface area contributed by atoms with Gasteiger partial charge in [-0.15, -0.1) is 0 Å². The van der Waals surface area contributed by atoms with Crippen LogP contribution < -0.4 is 10.6 Å². The first kappa shape index (κ1) is 22.1. The number of carbonyl (C=O) groups is 2. The van der Waals surface area contributed by atoms with Crippen LogP contribution in [0.15, 0.2) is 54.6 Å². The van der Waals surface area contributed by atoms with Crippen molar-refractivity contribution < 1.29 is 23.5 Å². The third-order valence-electron chi connectivity index (χ3n) is 4.80. The normalized spacial score (nSPS) is 13.8. The first-order valence-electron chi connectivity index (χ1n) is 9.60. The zero-order valence-corrected chi connectivity index (χ0v) is 16.9. The standard InChI is InChI=1S/C22H22F2N4O3/c1-12(14-6-4-3-5-7-14)18-11-19(28-27-18)26-21(30)13(2)25-22(31)20(29)15-8-16(23)10-17(24)9-15/h3-13,20,29H,1-2H3,(H,25,31)(H2,26,27,28,30). The Labute approximate surface area is 177 Å². The lowest BCUT2D eigenvalue weighted by molar-refractivity contribution is -0.132. The van der Waals surface area contributed by atoms with Crippen LogP contribution in [0.3, 0.4) is 0 Å². The molecule has 0 saturated heterocycles. The summed E-state index contributed by atoms with van der Waals surface area (Å²) in [6, 6.07) is 12.7. The number of rotatable bonds is 7. The van der Waals surface area contributed by atoms with Crippen LogP contribution in [0, 0.1) is 11.6 Å². The van der Waals surface area contributed by atoms with Gasteiger partial charge in [0.05, 0.1) is 5.69 Å². The second-order valence-corrected chi connectivity index (χ2v) is 7.16. The molecule has 2 aromatic carbocycles. The number of nitrogens with one attached hydrogen (secondary N) is 3. The number of amides is 2. The minimum Gasteiger partial charge on any atom is -0.378 e. The predicted molar refractivity (Wildman–Crippen MR) is 110 cm³/mol. The van der Waals surface area contributed by atoms with Gasteiger partial charge >= 0.3 is 0 Å². The minimum atomic E-state index is -1.83. The zero-order valence-electron chi connectivity index (χ0n) is 16.9. The molecule has 3 unspecified atom stereocenters. The van der Waals surface area contributed by atoms with E-state index in [1.807, 2.05) is 37.3 Å². The van der Waals surface area contributed by atoms with E-state index in [1.54, 1.807) is 6.07 Å². The average molecular weight is 428 g/mol. The molecule has 0 saturated carbocycles. The fraction of sp³-hybridized carbons (Fsp3) is 0.227. The van der Waals surface area contributed by atoms with Gasteiger partial charge in [-0.3, -0.25) is 14.7 Å². The number of H-pyrrole nitrogens is 1. The van der Waals surface area contributed by atoms with Crippen molar-refractivity contribution in [3.63, 3.8) is 0 Å². The van der Waals surface area contributed by atoms with Crippen LogP contribution in [0.2, 0.25) is 0 Å². The van der Waals surface area contributed by atoms with Gasteiger partial charge in [0.15, 0.2) is 6.10 Å². The van der Waals surface area contributed by atoms with Crippen LogP contribution in [0.25, 0.3) is 0 Å². The molecular formula is C22H22F2N4O3. The van der Waals surface area contributed by atoms with Gasteiger partial charge in [-0.1, -0.05) is 37.3 Å². The van der Waals surface area contributed by atoms with E-state index < -0.39 is 35.6 Å². The Morgan fingerprint density at radius 1 is 0.968 bits per heavy atom. The molecule has 31 heavy (non-hydrogen) atoms. The lowest BCUT2D eigenvalue weighted by Gasteiger charge is -2.16. The summed E-state index contributed by atoms with van der Waals surface area (Å²) in [6.45, 7) is 3.40. The minimum absolute atomic E-state index is 0.00189. The van der Waals surface area contributed by atoms with Crippen molar-refractivity contribution in [1.29, 1.82) is 0 Å². The summed E-state index contributed by atoms with van der Waals surface area (Å²) >= 11 is 0. The molecule has 0 fully saturated rings. The highest BCUT2D eigenvalue weighted by molar-refractivity contribution is 5.97. The van der Waals surface area contributed by atoms with E-state index in [-0.39, 0.29) is 11.5 Å². The number of halogens is 2. The van der Waals surface area contributed by atoms with Crippen molar-refractivity contribution in [3.8, 4) is 0 Å². The van der Waals surface area contributed by atoms with E-state index in [2.05, 4.69) is 20.8 Å². The molecule has 7 nitrogen and oxygen atoms in total. The lowest BCUT2D eigenvalue weighted by Crippen LogP contribution is -2.43. The lowest BCUT2D eigenvalue weighted by atomic mass is 9.98. The highest BCUT2D eigenvalue weighted by atomic mass is 19.1. The molecule has 3 atom stereocenters. The number of nitrogens with zero attached hydrogens (tertiary/aromatic N) is 1. The average Bonchev–Trinajstić information content (AvgIpc) is 3.20. The molecule has 3 aromatic rings. The second kappa shape index (κ2) is 9.48. The molecule has 0 spiro atoms. The Morgan fingerprint density at radius 3 is 2.26 bits per heavy atom. The Balaban J connectivity index is 1.59. The van der Waals surface area contributed by atoms with E-state index >= 15 is 0 Å². The number of aliphatic hydroxyl groups is 1. The van der Waals surface area contributed by atoms with Crippen molar-refractivity contribution in [2.75, 3.05) is 5.32 Å². The third-order valence-corrected chi connectivity index (χ3v) is 4.80. The topological polar surface area (TPSA) is 107 Å². The number of aliphatic hydroxyl groups excluding tert-OH is 1. The first-order chi connectivity index (χ1) is 14.7. The van der Waals surface area contributed by atoms with Gasteiger partial charge in [0.25, 0.3) is 5.91 Å². The van der Waals surface area contributed by atoms with E-state index in [9.17, 15) is 23.5 Å². The quantitative estimate of drug-likeness (QED) is 0.464. The monoisotopic (exact) mass is 428 g/mol. The second-order valence-electron chi connectivity index (χ2n) is 7.16. The summed E-state index contributed by atoms with van der Waals surface area (Å²) in [7, 11) is 0. The van der Waals surface area contributed by atoms with Crippen LogP contribution >= 0.6 is 0 Å². The highest BCUT2D eigenvalue weighted by Gasteiger charge is 2.24. The molecule has 0 aliphatic rings. The van der Waals surface area contributed by atoms with Gasteiger partial charge in [0.2, 0.25) is 5.91 Å². The van der Waals surface area contributed by atoms with Crippen LogP contribution in [0.4, 0.5) is 14.6 Å². The number of carbonyl (C=O) groups excluding carboxylic acids is 2. The number of benzene rings is 2. The van der Waals surface area contributed by atoms with E-state index in [4.69, 9.17) is 0 Å². The van der Waals surface area contributed by atoms with Crippen LogP contribution in [-0.2, 0) is 9.59 Å². The van der Waals surface area contributed by atoms with Crippen LogP contribution in [-0.4, -0.2) is 33.2 Å². The third kappa shape index (κ3) is 5.52. The van der Waals surface area contributed by atoms with Gasteiger partial charge in [0, 0.05) is 18.1 Å². The van der Waals surface area contributed by atoms with Gasteiger partial charge in [0.1, 0.15) is 23.5 Å². The maximum Gasteiger partial charge on any atom is 0.254 e. The molecule has 3 rings (SSSR count). The summed E-state index contributed by atoms with van der Waals surface area (Å²) in [5.41, 5.74) is 1.53. The van der Waals surface area contributed by atoms with Gasteiger partial charge in [-0.05, 0) is 30.2 Å². The highest BCUT2D eigenvalue weighted by Crippen LogP contribution is 2.24. The Kier molecular flexibility index (Phi) is 6.76. The van der Waals surface area contributed by atoms with E-state index in [0.29, 0.717) is 11.9 Å². The summed E-state index contributed by atoms with van der Waals surface area (Å²) in [4.78, 5) is 24.6. The van der Waals surface area contributed by atoms with Crippen molar-refractivity contribution in [2.24, 2.45) is 0 Å². The van der Waals surface area contributed by atoms with Crippen molar-refractivity contribution >= 4 is 17.6 Å². The summed E-state index contributed by atoms with van der Waals surface area (Å²) in [5, 5.41) is 21.9. The molecule has 9 heteroatoms. The van der Waals surface area contributed by atoms with Gasteiger partial charge in [-0.2, -0.15) is 5.10 Å². The number of hydrogen-bond acceptors (Lipinski definition) is 4. The van der Waals surface area contributed by atoms with Crippen LogP contribution in [0.5, 0.6) is 0 Å². The molecule has 162 valence electrons. The summed E-state index contributed by atoms with van der Waals surface area (Å²) < 4.78 is 26.6. The first-order valence-corrected chi connectivity index (χ1v) is 9.60. The fourth-order valence-electron chi connectivity index (χ4n) is 3.02. The number of aromatic amines is 1. The maximum atomic E-state index is 13.3. The number of hydrogen-bond donors (Lipinski definition) is 4. The Morgan fingerprint density at radius 2 is 1.61 bits per heavy atom. The predicted octanol–water partition coefficient (Wildman–Crippen LogP) is 3.02. The smallest absolute Gasteiger partial charge is 0.254 e. The summed E-state index contributed by atoms with van der Waals surface area (Å²) in [6.07, 6.45) is -1.83. The van der Waals surface area contributed by atoms with Gasteiger partial charge < -0.3 is 15.7 Å². The molecule has 2 amide bonds. The number of anilines is 1. The molecule has 1 aromatic heterocycles. The van der Waals surface area contributed by atoms with Crippen molar-refractivity contribution in [3.05, 3.63) is 83.1 Å². The van der Waals surface area contributed by atoms with Crippen LogP contribution in [0.1, 0.15) is 42.7 Å². The Bertz CT molecular complexity index is 1050. The molecule has 4 N–H and O–H groups in total. The zero-order chi connectivity index (χ0) is 22.5. The number of aromatic nitrogens is 2. The molecule has 1 heterocycles.